The number of methoxy groups -OCH3 is 1. The molecule has 30 heavy (non-hydrogen) atoms. The van der Waals surface area contributed by atoms with Crippen LogP contribution in [0.4, 0.5) is 5.69 Å². The molecule has 2 N–H and O–H groups in total. The largest absolute Gasteiger partial charge is 0.383 e. The van der Waals surface area contributed by atoms with Crippen molar-refractivity contribution in [2.45, 2.75) is 17.9 Å². The molecule has 0 fully saturated rings. The molecule has 0 spiro atoms. The van der Waals surface area contributed by atoms with Gasteiger partial charge >= 0.3 is 0 Å². The maximum atomic E-state index is 12.5. The summed E-state index contributed by atoms with van der Waals surface area (Å²) in [6.07, 6.45) is 0. The van der Waals surface area contributed by atoms with Gasteiger partial charge in [-0.3, -0.25) is 4.79 Å². The van der Waals surface area contributed by atoms with Crippen molar-refractivity contribution in [2.24, 2.45) is 0 Å². The van der Waals surface area contributed by atoms with Crippen molar-refractivity contribution >= 4 is 21.6 Å². The molecular formula is C23H24N2O4S. The molecule has 0 aromatic heterocycles. The van der Waals surface area contributed by atoms with Crippen LogP contribution < -0.4 is 10.0 Å². The normalized spacial score (nSPS) is 12.3. The van der Waals surface area contributed by atoms with Gasteiger partial charge in [-0.25, -0.2) is 13.1 Å². The van der Waals surface area contributed by atoms with E-state index in [4.69, 9.17) is 4.74 Å². The fraction of sp³-hybridized carbons (Fsp3) is 0.174. The van der Waals surface area contributed by atoms with E-state index in [2.05, 4.69) is 10.0 Å². The number of amides is 1. The van der Waals surface area contributed by atoms with Gasteiger partial charge in [0.1, 0.15) is 0 Å². The average Bonchev–Trinajstić information content (AvgIpc) is 2.75. The first-order chi connectivity index (χ1) is 14.4. The van der Waals surface area contributed by atoms with Gasteiger partial charge < -0.3 is 10.1 Å². The number of hydrogen-bond donors (Lipinski definition) is 2. The van der Waals surface area contributed by atoms with Gasteiger partial charge in [0.05, 0.1) is 11.5 Å². The summed E-state index contributed by atoms with van der Waals surface area (Å²) in [6, 6.07) is 22.9. The molecule has 1 atom stereocenters. The Bertz CT molecular complexity index is 1080. The Balaban J connectivity index is 1.66. The number of benzene rings is 3. The number of anilines is 1. The number of rotatable bonds is 8. The number of ether oxygens (including phenoxy) is 1. The molecule has 7 heteroatoms. The number of nitrogens with one attached hydrogen (secondary N) is 2. The van der Waals surface area contributed by atoms with Gasteiger partial charge in [-0.2, -0.15) is 0 Å². The number of carbonyl (C=O) groups excluding carboxylic acids is 1. The van der Waals surface area contributed by atoms with Crippen LogP contribution in [-0.2, 0) is 14.8 Å². The van der Waals surface area contributed by atoms with Crippen LogP contribution in [0.1, 0.15) is 17.3 Å². The highest BCUT2D eigenvalue weighted by Gasteiger charge is 2.18. The Hall–Kier alpha value is -3.00. The topological polar surface area (TPSA) is 84.5 Å². The van der Waals surface area contributed by atoms with Crippen LogP contribution in [-0.4, -0.2) is 34.1 Å². The van der Waals surface area contributed by atoms with Crippen LogP contribution in [0, 0.1) is 0 Å². The molecule has 3 rings (SSSR count). The zero-order valence-corrected chi connectivity index (χ0v) is 17.6. The van der Waals surface area contributed by atoms with Crippen molar-refractivity contribution < 1.29 is 17.9 Å². The summed E-state index contributed by atoms with van der Waals surface area (Å²) in [6.45, 7) is 1.98. The van der Waals surface area contributed by atoms with E-state index in [9.17, 15) is 13.2 Å². The first-order valence-electron chi connectivity index (χ1n) is 9.47. The van der Waals surface area contributed by atoms with Crippen LogP contribution >= 0.6 is 0 Å². The first-order valence-corrected chi connectivity index (χ1v) is 11.0. The highest BCUT2D eigenvalue weighted by atomic mass is 32.2. The zero-order valence-electron chi connectivity index (χ0n) is 16.8. The molecule has 1 amide bonds. The minimum atomic E-state index is -3.68. The predicted octanol–water partition coefficient (Wildman–Crippen LogP) is 3.92. The maximum Gasteiger partial charge on any atom is 0.255 e. The van der Waals surface area contributed by atoms with Crippen molar-refractivity contribution in [3.05, 3.63) is 84.4 Å². The quantitative estimate of drug-likeness (QED) is 0.574. The molecule has 0 bridgehead atoms. The van der Waals surface area contributed by atoms with Gasteiger partial charge in [0.2, 0.25) is 10.0 Å². The molecule has 3 aromatic rings. The second-order valence-electron chi connectivity index (χ2n) is 6.90. The monoisotopic (exact) mass is 424 g/mol. The smallest absolute Gasteiger partial charge is 0.255 e. The molecule has 0 aliphatic rings. The third-order valence-corrected chi connectivity index (χ3v) is 6.06. The average molecular weight is 425 g/mol. The molecular weight excluding hydrogens is 400 g/mol. The van der Waals surface area contributed by atoms with Gasteiger partial charge in [0.15, 0.2) is 0 Å². The number of sulfonamides is 1. The molecule has 0 saturated heterocycles. The van der Waals surface area contributed by atoms with E-state index in [1.165, 1.54) is 31.4 Å². The first kappa shape index (κ1) is 21.7. The van der Waals surface area contributed by atoms with Crippen LogP contribution in [0.25, 0.3) is 11.1 Å². The summed E-state index contributed by atoms with van der Waals surface area (Å²) in [4.78, 5) is 12.6. The van der Waals surface area contributed by atoms with Crippen molar-refractivity contribution in [3.63, 3.8) is 0 Å². The lowest BCUT2D eigenvalue weighted by Crippen LogP contribution is -2.35. The van der Waals surface area contributed by atoms with Crippen molar-refractivity contribution in [1.29, 1.82) is 0 Å². The predicted molar refractivity (Wildman–Crippen MR) is 118 cm³/mol. The highest BCUT2D eigenvalue weighted by Crippen LogP contribution is 2.21. The van der Waals surface area contributed by atoms with Crippen LogP contribution in [0.15, 0.2) is 83.8 Å². The van der Waals surface area contributed by atoms with Gasteiger partial charge in [0, 0.05) is 24.4 Å². The van der Waals surface area contributed by atoms with Crippen LogP contribution in [0.5, 0.6) is 0 Å². The van der Waals surface area contributed by atoms with E-state index < -0.39 is 10.0 Å². The van der Waals surface area contributed by atoms with Crippen molar-refractivity contribution in [1.82, 2.24) is 4.72 Å². The van der Waals surface area contributed by atoms with Crippen LogP contribution in [0.3, 0.4) is 0 Å². The molecule has 0 saturated carbocycles. The van der Waals surface area contributed by atoms with Crippen molar-refractivity contribution in [3.8, 4) is 11.1 Å². The van der Waals surface area contributed by atoms with Crippen LogP contribution in [0.2, 0.25) is 0 Å². The van der Waals surface area contributed by atoms with E-state index in [0.29, 0.717) is 11.3 Å². The Labute approximate surface area is 177 Å². The van der Waals surface area contributed by atoms with Gasteiger partial charge in [0.25, 0.3) is 5.91 Å². The zero-order chi connectivity index (χ0) is 21.6. The minimum Gasteiger partial charge on any atom is -0.383 e. The molecule has 6 nitrogen and oxygen atoms in total. The van der Waals surface area contributed by atoms with Gasteiger partial charge in [-0.1, -0.05) is 42.5 Å². The Morgan fingerprint density at radius 3 is 2.10 bits per heavy atom. The Kier molecular flexibility index (Phi) is 6.99. The SMILES string of the molecule is COCC(C)NS(=O)(=O)c1ccc(C(=O)Nc2ccc(-c3ccccc3)cc2)cc1. The second kappa shape index (κ2) is 9.67. The summed E-state index contributed by atoms with van der Waals surface area (Å²) < 4.78 is 32.2. The Morgan fingerprint density at radius 1 is 0.900 bits per heavy atom. The fourth-order valence-corrected chi connectivity index (χ4v) is 4.21. The number of carbonyl (C=O) groups is 1. The standard InChI is InChI=1S/C23H24N2O4S/c1-17(16-29-2)25-30(27,28)22-14-10-20(11-15-22)23(26)24-21-12-8-19(9-13-21)18-6-4-3-5-7-18/h3-15,17,25H,16H2,1-2H3,(H,24,26). The molecule has 156 valence electrons. The summed E-state index contributed by atoms with van der Waals surface area (Å²) in [5, 5.41) is 2.82. The summed E-state index contributed by atoms with van der Waals surface area (Å²) >= 11 is 0. The molecule has 0 aliphatic heterocycles. The van der Waals surface area contributed by atoms with E-state index in [1.54, 1.807) is 6.92 Å². The van der Waals surface area contributed by atoms with E-state index in [0.717, 1.165) is 11.1 Å². The summed E-state index contributed by atoms with van der Waals surface area (Å²) in [5.41, 5.74) is 3.18. The maximum absolute atomic E-state index is 12.5. The molecule has 0 radical (unpaired) electrons. The third-order valence-electron chi connectivity index (χ3n) is 4.45. The highest BCUT2D eigenvalue weighted by molar-refractivity contribution is 7.89. The summed E-state index contributed by atoms with van der Waals surface area (Å²) in [5.74, 6) is -0.313. The van der Waals surface area contributed by atoms with Gasteiger partial charge in [-0.15, -0.1) is 0 Å². The van der Waals surface area contributed by atoms with Crippen molar-refractivity contribution in [2.75, 3.05) is 19.0 Å². The molecule has 0 heterocycles. The second-order valence-corrected chi connectivity index (χ2v) is 8.61. The third kappa shape index (κ3) is 5.54. The Morgan fingerprint density at radius 2 is 1.50 bits per heavy atom. The van der Waals surface area contributed by atoms with Gasteiger partial charge in [-0.05, 0) is 54.4 Å². The fourth-order valence-electron chi connectivity index (χ4n) is 2.98. The minimum absolute atomic E-state index is 0.0919. The van der Waals surface area contributed by atoms with E-state index >= 15 is 0 Å². The number of hydrogen-bond acceptors (Lipinski definition) is 4. The lowest BCUT2D eigenvalue weighted by Gasteiger charge is -2.13. The molecule has 1 unspecified atom stereocenters. The molecule has 3 aromatic carbocycles. The van der Waals surface area contributed by atoms with E-state index in [1.807, 2.05) is 54.6 Å². The molecule has 0 aliphatic carbocycles. The lowest BCUT2D eigenvalue weighted by molar-refractivity contribution is 0.102. The lowest BCUT2D eigenvalue weighted by atomic mass is 10.1. The summed E-state index contributed by atoms with van der Waals surface area (Å²) in [7, 11) is -2.17. The van der Waals surface area contributed by atoms with E-state index in [-0.39, 0.29) is 23.5 Å².